The van der Waals surface area contributed by atoms with Crippen LogP contribution in [0.1, 0.15) is 41.9 Å². The number of rotatable bonds is 4. The summed E-state index contributed by atoms with van der Waals surface area (Å²) in [7, 11) is 0. The van der Waals surface area contributed by atoms with Crippen molar-refractivity contribution >= 4 is 23.3 Å². The van der Waals surface area contributed by atoms with E-state index >= 15 is 0 Å². The van der Waals surface area contributed by atoms with Crippen LogP contribution in [0.15, 0.2) is 36.7 Å². The third-order valence-electron chi connectivity index (χ3n) is 3.73. The quantitative estimate of drug-likeness (QED) is 0.877. The molecule has 1 amide bonds. The van der Waals surface area contributed by atoms with Gasteiger partial charge in [-0.15, -0.1) is 0 Å². The monoisotopic (exact) mass is 316 g/mol. The number of aromatic nitrogens is 2. The van der Waals surface area contributed by atoms with Gasteiger partial charge in [0.1, 0.15) is 29.0 Å². The first kappa shape index (κ1) is 14.8. The van der Waals surface area contributed by atoms with E-state index < -0.39 is 0 Å². The molecule has 1 aromatic carbocycles. The van der Waals surface area contributed by atoms with Gasteiger partial charge in [-0.1, -0.05) is 55.3 Å². The Morgan fingerprint density at radius 3 is 2.77 bits per heavy atom. The number of nitrogens with one attached hydrogen (secondary N) is 1. The van der Waals surface area contributed by atoms with E-state index in [0.717, 1.165) is 18.4 Å². The Bertz CT molecular complexity index is 677. The number of amides is 1. The lowest BCUT2D eigenvalue weighted by Crippen LogP contribution is -2.44. The molecule has 0 radical (unpaired) electrons. The second kappa shape index (κ2) is 6.32. The Labute approximate surface area is 134 Å². The van der Waals surface area contributed by atoms with E-state index in [1.807, 2.05) is 30.3 Å². The largest absolute Gasteiger partial charge is 0.345 e. The normalized spacial score (nSPS) is 17.1. The molecule has 1 unspecified atom stereocenters. The lowest BCUT2D eigenvalue weighted by Gasteiger charge is -2.37. The molecule has 0 saturated heterocycles. The molecule has 1 aromatic heterocycles. The summed E-state index contributed by atoms with van der Waals surface area (Å²) >= 11 is 6.09. The Hall–Kier alpha value is -2.14. The molecule has 114 valence electrons. The summed E-state index contributed by atoms with van der Waals surface area (Å²) in [6.07, 6.45) is 3.07. The number of benzene rings is 1. The van der Waals surface area contributed by atoms with Gasteiger partial charge < -0.3 is 10.2 Å². The molecule has 1 atom stereocenters. The highest BCUT2D eigenvalue weighted by atomic mass is 35.5. The molecule has 0 aliphatic carbocycles. The smallest absolute Gasteiger partial charge is 0.262 e. The van der Waals surface area contributed by atoms with Crippen LogP contribution in [0.5, 0.6) is 0 Å². The number of unbranched alkanes of at least 4 members (excludes halogenated alkanes) is 1. The van der Waals surface area contributed by atoms with Crippen molar-refractivity contribution in [3.63, 3.8) is 0 Å². The fourth-order valence-electron chi connectivity index (χ4n) is 2.59. The van der Waals surface area contributed by atoms with Crippen LogP contribution >= 0.6 is 11.6 Å². The number of hydrogen-bond donors (Lipinski definition) is 1. The molecule has 2 heterocycles. The van der Waals surface area contributed by atoms with Crippen LogP contribution in [0.25, 0.3) is 0 Å². The van der Waals surface area contributed by atoms with Gasteiger partial charge in [0, 0.05) is 6.54 Å². The van der Waals surface area contributed by atoms with Gasteiger partial charge in [-0.05, 0) is 12.0 Å². The minimum absolute atomic E-state index is 0.123. The molecule has 1 N–H and O–H groups in total. The highest BCUT2D eigenvalue weighted by Gasteiger charge is 2.35. The second-order valence-electron chi connectivity index (χ2n) is 5.20. The van der Waals surface area contributed by atoms with Crippen molar-refractivity contribution in [1.82, 2.24) is 14.9 Å². The zero-order chi connectivity index (χ0) is 15.5. The Morgan fingerprint density at radius 2 is 2.05 bits per heavy atom. The number of halogens is 1. The van der Waals surface area contributed by atoms with Crippen molar-refractivity contribution in [3.05, 3.63) is 52.9 Å². The number of nitrogens with zero attached hydrogens (tertiary/aromatic N) is 3. The molecule has 0 fully saturated rings. The molecular formula is C16H17ClN4O. The number of carbonyl (C=O) groups excluding carboxylic acids is 1. The van der Waals surface area contributed by atoms with Crippen molar-refractivity contribution in [2.24, 2.45) is 0 Å². The summed E-state index contributed by atoms with van der Waals surface area (Å²) in [6.45, 7) is 2.76. The van der Waals surface area contributed by atoms with E-state index in [1.54, 1.807) is 4.90 Å². The summed E-state index contributed by atoms with van der Waals surface area (Å²) in [5.41, 5.74) is 1.37. The van der Waals surface area contributed by atoms with Crippen LogP contribution < -0.4 is 5.32 Å². The van der Waals surface area contributed by atoms with Crippen LogP contribution in [0, 0.1) is 0 Å². The SMILES string of the molecule is CCCCN1C(=O)c2c(Cl)ncnc2NC1c1ccccc1. The van der Waals surface area contributed by atoms with Gasteiger partial charge in [-0.2, -0.15) is 0 Å². The van der Waals surface area contributed by atoms with E-state index in [4.69, 9.17) is 11.6 Å². The van der Waals surface area contributed by atoms with Crippen LogP contribution in [0.3, 0.4) is 0 Å². The highest BCUT2D eigenvalue weighted by Crippen LogP contribution is 2.34. The van der Waals surface area contributed by atoms with Gasteiger partial charge in [-0.25, -0.2) is 9.97 Å². The number of fused-ring (bicyclic) bond motifs is 1. The predicted octanol–water partition coefficient (Wildman–Crippen LogP) is 3.50. The molecule has 0 bridgehead atoms. The summed E-state index contributed by atoms with van der Waals surface area (Å²) in [6, 6.07) is 9.87. The Kier molecular flexibility index (Phi) is 4.24. The van der Waals surface area contributed by atoms with Gasteiger partial charge in [0.15, 0.2) is 0 Å². The third-order valence-corrected chi connectivity index (χ3v) is 4.02. The maximum Gasteiger partial charge on any atom is 0.262 e. The zero-order valence-corrected chi connectivity index (χ0v) is 13.0. The molecule has 2 aromatic rings. The zero-order valence-electron chi connectivity index (χ0n) is 12.3. The fourth-order valence-corrected chi connectivity index (χ4v) is 2.80. The minimum atomic E-state index is -0.237. The first-order valence-electron chi connectivity index (χ1n) is 7.35. The predicted molar refractivity (Wildman–Crippen MR) is 85.8 cm³/mol. The molecule has 1 aliphatic heterocycles. The first-order chi connectivity index (χ1) is 10.7. The molecule has 6 heteroatoms. The van der Waals surface area contributed by atoms with E-state index in [9.17, 15) is 4.79 Å². The lowest BCUT2D eigenvalue weighted by molar-refractivity contribution is 0.0678. The van der Waals surface area contributed by atoms with Gasteiger partial charge in [0.05, 0.1) is 0 Å². The average molecular weight is 317 g/mol. The molecular weight excluding hydrogens is 300 g/mol. The summed E-state index contributed by atoms with van der Waals surface area (Å²) < 4.78 is 0. The fraction of sp³-hybridized carbons (Fsp3) is 0.312. The topological polar surface area (TPSA) is 58.1 Å². The second-order valence-corrected chi connectivity index (χ2v) is 5.56. The van der Waals surface area contributed by atoms with Crippen LogP contribution in [0.4, 0.5) is 5.82 Å². The summed E-state index contributed by atoms with van der Waals surface area (Å²) in [4.78, 5) is 22.7. The van der Waals surface area contributed by atoms with Crippen molar-refractivity contribution < 1.29 is 4.79 Å². The van der Waals surface area contributed by atoms with Crippen LogP contribution in [0.2, 0.25) is 5.15 Å². The first-order valence-corrected chi connectivity index (χ1v) is 7.73. The van der Waals surface area contributed by atoms with Crippen molar-refractivity contribution in [2.45, 2.75) is 25.9 Å². The van der Waals surface area contributed by atoms with Gasteiger partial charge in [0.2, 0.25) is 0 Å². The standard InChI is InChI=1S/C16H17ClN4O/c1-2-3-9-21-15(11-7-5-4-6-8-11)20-14-12(16(21)22)13(17)18-10-19-14/h4-8,10,15H,2-3,9H2,1H3,(H,18,19,20). The van der Waals surface area contributed by atoms with E-state index in [0.29, 0.717) is 17.9 Å². The number of carbonyl (C=O) groups is 1. The average Bonchev–Trinajstić information content (AvgIpc) is 2.54. The number of hydrogen-bond acceptors (Lipinski definition) is 4. The van der Waals surface area contributed by atoms with Crippen molar-refractivity contribution in [1.29, 1.82) is 0 Å². The van der Waals surface area contributed by atoms with Crippen LogP contribution in [-0.4, -0.2) is 27.3 Å². The summed E-state index contributed by atoms with van der Waals surface area (Å²) in [5, 5.41) is 3.50. The van der Waals surface area contributed by atoms with Crippen LogP contribution in [-0.2, 0) is 0 Å². The van der Waals surface area contributed by atoms with E-state index in [2.05, 4.69) is 22.2 Å². The van der Waals surface area contributed by atoms with Gasteiger partial charge in [-0.3, -0.25) is 4.79 Å². The maximum absolute atomic E-state index is 12.8. The third kappa shape index (κ3) is 2.64. The number of anilines is 1. The maximum atomic E-state index is 12.8. The minimum Gasteiger partial charge on any atom is -0.345 e. The van der Waals surface area contributed by atoms with Gasteiger partial charge in [0.25, 0.3) is 5.91 Å². The van der Waals surface area contributed by atoms with Crippen molar-refractivity contribution in [3.8, 4) is 0 Å². The Balaban J connectivity index is 2.03. The molecule has 3 rings (SSSR count). The molecule has 22 heavy (non-hydrogen) atoms. The van der Waals surface area contributed by atoms with Crippen molar-refractivity contribution in [2.75, 3.05) is 11.9 Å². The summed E-state index contributed by atoms with van der Waals surface area (Å²) in [5.74, 6) is 0.369. The van der Waals surface area contributed by atoms with E-state index in [1.165, 1.54) is 6.33 Å². The van der Waals surface area contributed by atoms with E-state index in [-0.39, 0.29) is 17.2 Å². The van der Waals surface area contributed by atoms with Gasteiger partial charge >= 0.3 is 0 Å². The highest BCUT2D eigenvalue weighted by molar-refractivity contribution is 6.33. The molecule has 5 nitrogen and oxygen atoms in total. The molecule has 0 saturated carbocycles. The molecule has 0 spiro atoms. The Morgan fingerprint density at radius 1 is 1.27 bits per heavy atom. The lowest BCUT2D eigenvalue weighted by atomic mass is 10.1. The molecule has 1 aliphatic rings.